The molecule has 2 aromatic carbocycles. The summed E-state index contributed by atoms with van der Waals surface area (Å²) in [5, 5.41) is 0. The number of benzene rings is 2. The molecule has 4 nitrogen and oxygen atoms in total. The molecule has 2 heterocycles. The Labute approximate surface area is 215 Å². The van der Waals surface area contributed by atoms with E-state index in [9.17, 15) is 0 Å². The summed E-state index contributed by atoms with van der Waals surface area (Å²) in [4.78, 5) is 1.60. The van der Waals surface area contributed by atoms with Gasteiger partial charge in [-0.25, -0.2) is 0 Å². The van der Waals surface area contributed by atoms with Gasteiger partial charge in [-0.2, -0.15) is 0 Å². The molecule has 2 saturated heterocycles. The Balaban J connectivity index is 1.50. The van der Waals surface area contributed by atoms with E-state index in [4.69, 9.17) is 43.9 Å². The van der Waals surface area contributed by atoms with Gasteiger partial charge < -0.3 is 18.6 Å². The van der Waals surface area contributed by atoms with Crippen molar-refractivity contribution >= 4 is 60.2 Å². The molecule has 0 spiro atoms. The molecule has 0 aromatic heterocycles. The predicted molar refractivity (Wildman–Crippen MR) is 149 cm³/mol. The Morgan fingerprint density at radius 3 is 0.971 bits per heavy atom. The van der Waals surface area contributed by atoms with Crippen LogP contribution in [0.3, 0.4) is 0 Å². The summed E-state index contributed by atoms with van der Waals surface area (Å²) in [5.74, 6) is 0. The summed E-state index contributed by atoms with van der Waals surface area (Å²) >= 11 is 9.55. The van der Waals surface area contributed by atoms with Crippen LogP contribution in [0.5, 0.6) is 0 Å². The second-order valence-electron chi connectivity index (χ2n) is 11.1. The minimum Gasteiger partial charge on any atom is -0.399 e. The molecule has 34 heavy (non-hydrogen) atoms. The smallest absolute Gasteiger partial charge is 0.399 e. The van der Waals surface area contributed by atoms with Crippen molar-refractivity contribution in [2.45, 2.75) is 77.8 Å². The van der Waals surface area contributed by atoms with Crippen LogP contribution in [-0.2, 0) is 18.6 Å². The minimum atomic E-state index is -0.385. The minimum absolute atomic E-state index is 0.366. The molecule has 0 saturated carbocycles. The molecule has 2 aliphatic rings. The summed E-state index contributed by atoms with van der Waals surface area (Å²) in [5.41, 5.74) is 2.45. The van der Waals surface area contributed by atoms with Crippen LogP contribution in [-0.4, -0.2) is 36.6 Å². The van der Waals surface area contributed by atoms with E-state index in [1.165, 1.54) is 0 Å². The van der Waals surface area contributed by atoms with Crippen LogP contribution < -0.4 is 10.9 Å². The Bertz CT molecular complexity index is 973. The van der Waals surface area contributed by atoms with Crippen LogP contribution in [0.4, 0.5) is 0 Å². The SMILES string of the molecule is CC1(C)OB(c2ccc(C(S)=C(S)c3ccc(B4OC(C)(C)C(C)(C)O4)cc3)cc2)OC1(C)C. The van der Waals surface area contributed by atoms with Crippen LogP contribution in [0.2, 0.25) is 0 Å². The summed E-state index contributed by atoms with van der Waals surface area (Å²) in [6, 6.07) is 16.2. The molecule has 8 heteroatoms. The van der Waals surface area contributed by atoms with E-state index in [1.807, 2.05) is 48.5 Å². The van der Waals surface area contributed by atoms with E-state index in [0.717, 1.165) is 31.9 Å². The topological polar surface area (TPSA) is 36.9 Å². The summed E-state index contributed by atoms with van der Waals surface area (Å²) in [6.45, 7) is 16.5. The van der Waals surface area contributed by atoms with Gasteiger partial charge in [-0.1, -0.05) is 48.5 Å². The molecule has 2 fully saturated rings. The van der Waals surface area contributed by atoms with Gasteiger partial charge in [0.15, 0.2) is 0 Å². The van der Waals surface area contributed by atoms with Crippen molar-refractivity contribution in [3.8, 4) is 0 Å². The van der Waals surface area contributed by atoms with E-state index in [-0.39, 0.29) is 36.6 Å². The van der Waals surface area contributed by atoms with Crippen LogP contribution in [0.1, 0.15) is 66.5 Å². The maximum atomic E-state index is 6.16. The summed E-state index contributed by atoms with van der Waals surface area (Å²) in [7, 11) is -0.770. The lowest BCUT2D eigenvalue weighted by Gasteiger charge is -2.32. The highest BCUT2D eigenvalue weighted by molar-refractivity contribution is 7.96. The Morgan fingerprint density at radius 2 is 0.735 bits per heavy atom. The fourth-order valence-electron chi connectivity index (χ4n) is 3.83. The molecule has 180 valence electrons. The quantitative estimate of drug-likeness (QED) is 0.356. The van der Waals surface area contributed by atoms with Crippen molar-refractivity contribution in [2.24, 2.45) is 0 Å². The first-order valence-electron chi connectivity index (χ1n) is 11.7. The maximum absolute atomic E-state index is 6.16. The fraction of sp³-hybridized carbons (Fsp3) is 0.462. The zero-order valence-corrected chi connectivity index (χ0v) is 23.1. The molecule has 0 radical (unpaired) electrons. The normalized spacial score (nSPS) is 23.2. The average Bonchev–Trinajstić information content (AvgIpc) is 3.12. The first kappa shape index (κ1) is 25.9. The number of hydrogen-bond donors (Lipinski definition) is 2. The molecular weight excluding hydrogens is 462 g/mol. The third-order valence-electron chi connectivity index (χ3n) is 7.64. The van der Waals surface area contributed by atoms with Gasteiger partial charge in [-0.15, -0.1) is 25.3 Å². The summed E-state index contributed by atoms with van der Waals surface area (Å²) in [6.07, 6.45) is 0. The second-order valence-corrected chi connectivity index (χ2v) is 12.0. The molecular formula is C26H34B2O4S2. The molecule has 0 aliphatic carbocycles. The first-order chi connectivity index (χ1) is 15.6. The predicted octanol–water partition coefficient (Wildman–Crippen LogP) is 4.97. The van der Waals surface area contributed by atoms with E-state index in [1.54, 1.807) is 0 Å². The Morgan fingerprint density at radius 1 is 0.500 bits per heavy atom. The molecule has 0 unspecified atom stereocenters. The Hall–Kier alpha value is -1.15. The van der Waals surface area contributed by atoms with Crippen molar-refractivity contribution in [1.29, 1.82) is 0 Å². The molecule has 4 rings (SSSR count). The van der Waals surface area contributed by atoms with Crippen LogP contribution in [0.15, 0.2) is 48.5 Å². The van der Waals surface area contributed by atoms with Crippen LogP contribution in [0, 0.1) is 0 Å². The lowest BCUT2D eigenvalue weighted by Crippen LogP contribution is -2.41. The fourth-order valence-corrected chi connectivity index (χ4v) is 4.38. The zero-order chi connectivity index (χ0) is 25.1. The van der Waals surface area contributed by atoms with Gasteiger partial charge in [-0.05, 0) is 77.4 Å². The molecule has 2 aromatic rings. The van der Waals surface area contributed by atoms with Gasteiger partial charge in [0, 0.05) is 9.81 Å². The van der Waals surface area contributed by atoms with E-state index >= 15 is 0 Å². The zero-order valence-electron chi connectivity index (χ0n) is 21.3. The molecule has 0 bridgehead atoms. The molecule has 0 atom stereocenters. The van der Waals surface area contributed by atoms with E-state index in [0.29, 0.717) is 0 Å². The third-order valence-corrected chi connectivity index (χ3v) is 8.78. The molecule has 0 amide bonds. The molecule has 2 aliphatic heterocycles. The monoisotopic (exact) mass is 496 g/mol. The van der Waals surface area contributed by atoms with Crippen molar-refractivity contribution in [3.05, 3.63) is 59.7 Å². The lowest BCUT2D eigenvalue weighted by molar-refractivity contribution is 0.00578. The van der Waals surface area contributed by atoms with Gasteiger partial charge in [0.1, 0.15) is 0 Å². The van der Waals surface area contributed by atoms with Crippen LogP contribution >= 0.6 is 25.3 Å². The highest BCUT2D eigenvalue weighted by atomic mass is 32.1. The number of rotatable bonds is 4. The molecule has 0 N–H and O–H groups in total. The van der Waals surface area contributed by atoms with Gasteiger partial charge in [-0.3, -0.25) is 0 Å². The number of thiol groups is 2. The largest absolute Gasteiger partial charge is 0.494 e. The van der Waals surface area contributed by atoms with Gasteiger partial charge in [0.2, 0.25) is 0 Å². The van der Waals surface area contributed by atoms with Crippen molar-refractivity contribution < 1.29 is 18.6 Å². The van der Waals surface area contributed by atoms with Crippen molar-refractivity contribution in [3.63, 3.8) is 0 Å². The van der Waals surface area contributed by atoms with Gasteiger partial charge >= 0.3 is 14.2 Å². The van der Waals surface area contributed by atoms with Crippen molar-refractivity contribution in [2.75, 3.05) is 0 Å². The summed E-state index contributed by atoms with van der Waals surface area (Å²) < 4.78 is 24.6. The van der Waals surface area contributed by atoms with Crippen molar-refractivity contribution in [1.82, 2.24) is 0 Å². The van der Waals surface area contributed by atoms with Gasteiger partial charge in [0.05, 0.1) is 22.4 Å². The highest BCUT2D eigenvalue weighted by Crippen LogP contribution is 2.38. The third kappa shape index (κ3) is 4.65. The standard InChI is InChI=1S/C26H34B2O4S2/c1-23(2)24(3,4)30-27(29-23)19-13-9-17(10-14-19)21(33)22(34)18-11-15-20(16-12-18)28-31-25(5,6)26(7,8)32-28/h9-16,33-34H,1-8H3. The highest BCUT2D eigenvalue weighted by Gasteiger charge is 2.52. The Kier molecular flexibility index (Phi) is 6.67. The second kappa shape index (κ2) is 8.75. The number of hydrogen-bond acceptors (Lipinski definition) is 6. The average molecular weight is 496 g/mol. The first-order valence-corrected chi connectivity index (χ1v) is 12.6. The lowest BCUT2D eigenvalue weighted by atomic mass is 9.78. The van der Waals surface area contributed by atoms with E-state index in [2.05, 4.69) is 55.4 Å². The van der Waals surface area contributed by atoms with Crippen LogP contribution in [0.25, 0.3) is 9.81 Å². The maximum Gasteiger partial charge on any atom is 0.494 e. The van der Waals surface area contributed by atoms with Gasteiger partial charge in [0.25, 0.3) is 0 Å². The van der Waals surface area contributed by atoms with E-state index < -0.39 is 0 Å².